The van der Waals surface area contributed by atoms with E-state index in [0.717, 1.165) is 10.4 Å². The van der Waals surface area contributed by atoms with Crippen LogP contribution < -0.4 is 0 Å². The summed E-state index contributed by atoms with van der Waals surface area (Å²) in [5.41, 5.74) is 2.21. The number of aromatic hydroxyl groups is 1. The number of aliphatic hydroxyl groups is 1. The Morgan fingerprint density at radius 1 is 1.03 bits per heavy atom. The molecule has 1 aliphatic rings. The van der Waals surface area contributed by atoms with E-state index in [4.69, 9.17) is 0 Å². The van der Waals surface area contributed by atoms with Gasteiger partial charge in [-0.1, -0.05) is 48.0 Å². The summed E-state index contributed by atoms with van der Waals surface area (Å²) in [5, 5.41) is 22.5. The average molecular weight is 405 g/mol. The maximum atomic E-state index is 12.9. The number of carbonyl (C=O) groups is 2. The van der Waals surface area contributed by atoms with Crippen molar-refractivity contribution in [2.45, 2.75) is 19.5 Å². The number of carbonyl (C=O) groups excluding carboxylic acids is 2. The molecular weight excluding hydrogens is 386 g/mol. The molecule has 2 N–H and O–H groups in total. The van der Waals surface area contributed by atoms with Crippen LogP contribution in [0.4, 0.5) is 0 Å². The molecule has 146 valence electrons. The number of Topliss-reactive ketones (excluding diaryl/α,β-unsaturated/α-hetero) is 1. The Kier molecular flexibility index (Phi) is 4.94. The number of phenolic OH excluding ortho intramolecular Hbond substituents is 1. The molecule has 2 aromatic carbocycles. The monoisotopic (exact) mass is 405 g/mol. The molecule has 0 bridgehead atoms. The van der Waals surface area contributed by atoms with Gasteiger partial charge >= 0.3 is 0 Å². The Balaban J connectivity index is 1.86. The van der Waals surface area contributed by atoms with Gasteiger partial charge in [0.25, 0.3) is 11.7 Å². The second-order valence-electron chi connectivity index (χ2n) is 6.96. The summed E-state index contributed by atoms with van der Waals surface area (Å²) in [5.74, 6) is -1.47. The fraction of sp³-hybridized carbons (Fsp3) is 0.130. The third-order valence-corrected chi connectivity index (χ3v) is 5.84. The zero-order valence-electron chi connectivity index (χ0n) is 15.7. The number of nitrogens with zero attached hydrogens (tertiary/aromatic N) is 1. The fourth-order valence-electron chi connectivity index (χ4n) is 3.48. The molecule has 2 heterocycles. The van der Waals surface area contributed by atoms with Gasteiger partial charge < -0.3 is 15.1 Å². The maximum Gasteiger partial charge on any atom is 0.295 e. The van der Waals surface area contributed by atoms with Crippen molar-refractivity contribution in [3.05, 3.63) is 93.2 Å². The predicted molar refractivity (Wildman–Crippen MR) is 111 cm³/mol. The summed E-state index contributed by atoms with van der Waals surface area (Å²) < 4.78 is 0. The molecule has 4 rings (SSSR count). The van der Waals surface area contributed by atoms with E-state index in [9.17, 15) is 19.8 Å². The van der Waals surface area contributed by atoms with E-state index < -0.39 is 17.7 Å². The van der Waals surface area contributed by atoms with Crippen LogP contribution in [0.5, 0.6) is 5.75 Å². The van der Waals surface area contributed by atoms with E-state index in [-0.39, 0.29) is 23.6 Å². The highest BCUT2D eigenvalue weighted by Gasteiger charge is 2.46. The normalized spacial score (nSPS) is 18.4. The second-order valence-corrected chi connectivity index (χ2v) is 8.00. The number of amides is 1. The lowest BCUT2D eigenvalue weighted by Crippen LogP contribution is -2.28. The van der Waals surface area contributed by atoms with E-state index in [2.05, 4.69) is 0 Å². The third-order valence-electron chi connectivity index (χ3n) is 4.98. The van der Waals surface area contributed by atoms with Crippen molar-refractivity contribution in [2.24, 2.45) is 0 Å². The summed E-state index contributed by atoms with van der Waals surface area (Å²) in [6, 6.07) is 16.5. The van der Waals surface area contributed by atoms with Gasteiger partial charge in [-0.2, -0.15) is 0 Å². The van der Waals surface area contributed by atoms with Gasteiger partial charge in [0.1, 0.15) is 11.5 Å². The molecule has 1 fully saturated rings. The zero-order chi connectivity index (χ0) is 20.5. The van der Waals surface area contributed by atoms with Crippen molar-refractivity contribution >= 4 is 28.8 Å². The van der Waals surface area contributed by atoms with Gasteiger partial charge in [0.2, 0.25) is 0 Å². The minimum atomic E-state index is -0.737. The van der Waals surface area contributed by atoms with Gasteiger partial charge in [-0.15, -0.1) is 11.3 Å². The first-order valence-electron chi connectivity index (χ1n) is 9.12. The molecule has 29 heavy (non-hydrogen) atoms. The Bertz CT molecular complexity index is 1080. The van der Waals surface area contributed by atoms with Crippen LogP contribution in [0, 0.1) is 6.92 Å². The number of hydrogen-bond acceptors (Lipinski definition) is 5. The number of aryl methyl sites for hydroxylation is 1. The standard InChI is InChI=1S/C23H19NO4S/c1-14-4-6-16(7-5-14)21(26)19-20(15-8-10-17(25)11-9-15)24(23(28)22(19)27)13-18-3-2-12-29-18/h2-12,20,25-26H,13H2,1H3/b21-19+. The Hall–Kier alpha value is -3.38. The zero-order valence-corrected chi connectivity index (χ0v) is 16.5. The highest BCUT2D eigenvalue weighted by Crippen LogP contribution is 2.40. The number of rotatable bonds is 4. The van der Waals surface area contributed by atoms with Crippen molar-refractivity contribution < 1.29 is 19.8 Å². The molecule has 1 amide bonds. The van der Waals surface area contributed by atoms with Gasteiger partial charge in [-0.05, 0) is 36.1 Å². The molecule has 0 aliphatic carbocycles. The van der Waals surface area contributed by atoms with Crippen LogP contribution in [-0.2, 0) is 16.1 Å². The first-order chi connectivity index (χ1) is 14.0. The van der Waals surface area contributed by atoms with E-state index >= 15 is 0 Å². The summed E-state index contributed by atoms with van der Waals surface area (Å²) >= 11 is 1.50. The molecule has 0 saturated carbocycles. The van der Waals surface area contributed by atoms with E-state index in [1.54, 1.807) is 24.3 Å². The van der Waals surface area contributed by atoms with Gasteiger partial charge in [-0.25, -0.2) is 0 Å². The molecule has 1 saturated heterocycles. The van der Waals surface area contributed by atoms with Crippen molar-refractivity contribution in [3.63, 3.8) is 0 Å². The van der Waals surface area contributed by atoms with Crippen LogP contribution in [0.2, 0.25) is 0 Å². The largest absolute Gasteiger partial charge is 0.508 e. The first kappa shape index (κ1) is 19.0. The van der Waals surface area contributed by atoms with Crippen LogP contribution in [0.1, 0.15) is 27.6 Å². The summed E-state index contributed by atoms with van der Waals surface area (Å²) in [6.07, 6.45) is 0. The predicted octanol–water partition coefficient (Wildman–Crippen LogP) is 4.38. The third kappa shape index (κ3) is 3.54. The molecule has 1 aromatic heterocycles. The highest BCUT2D eigenvalue weighted by atomic mass is 32.1. The van der Waals surface area contributed by atoms with Crippen molar-refractivity contribution in [1.29, 1.82) is 0 Å². The lowest BCUT2D eigenvalue weighted by Gasteiger charge is -2.25. The summed E-state index contributed by atoms with van der Waals surface area (Å²) in [4.78, 5) is 28.2. The SMILES string of the molecule is Cc1ccc(/C(O)=C2\C(=O)C(=O)N(Cc3cccs3)C2c2ccc(O)cc2)cc1. The molecule has 1 unspecified atom stereocenters. The molecule has 0 spiro atoms. The van der Waals surface area contributed by atoms with Crippen LogP contribution in [-0.4, -0.2) is 26.8 Å². The molecule has 1 aliphatic heterocycles. The average Bonchev–Trinajstić information content (AvgIpc) is 3.31. The number of phenols is 1. The minimum absolute atomic E-state index is 0.0566. The summed E-state index contributed by atoms with van der Waals surface area (Å²) in [6.45, 7) is 2.19. The van der Waals surface area contributed by atoms with E-state index in [0.29, 0.717) is 11.1 Å². The van der Waals surface area contributed by atoms with Gasteiger partial charge in [0.15, 0.2) is 0 Å². The lowest BCUT2D eigenvalue weighted by atomic mass is 9.95. The Morgan fingerprint density at radius 3 is 2.34 bits per heavy atom. The fourth-order valence-corrected chi connectivity index (χ4v) is 4.19. The van der Waals surface area contributed by atoms with E-state index in [1.807, 2.05) is 36.6 Å². The van der Waals surface area contributed by atoms with Crippen LogP contribution in [0.25, 0.3) is 5.76 Å². The molecule has 5 nitrogen and oxygen atoms in total. The number of thiophene rings is 1. The highest BCUT2D eigenvalue weighted by molar-refractivity contribution is 7.09. The quantitative estimate of drug-likeness (QED) is 0.384. The van der Waals surface area contributed by atoms with Gasteiger partial charge in [0.05, 0.1) is 18.2 Å². The number of aliphatic hydroxyl groups excluding tert-OH is 1. The number of benzene rings is 2. The summed E-state index contributed by atoms with van der Waals surface area (Å²) in [7, 11) is 0. The smallest absolute Gasteiger partial charge is 0.295 e. The first-order valence-corrected chi connectivity index (χ1v) is 10.0. The number of ketones is 1. The van der Waals surface area contributed by atoms with Crippen LogP contribution in [0.3, 0.4) is 0 Å². The van der Waals surface area contributed by atoms with Crippen molar-refractivity contribution in [2.75, 3.05) is 0 Å². The topological polar surface area (TPSA) is 77.8 Å². The molecule has 0 radical (unpaired) electrons. The number of likely N-dealkylation sites (tertiary alicyclic amines) is 1. The molecular formula is C23H19NO4S. The number of hydrogen-bond donors (Lipinski definition) is 2. The molecule has 6 heteroatoms. The second kappa shape index (κ2) is 7.56. The Labute approximate surface area is 172 Å². The maximum absolute atomic E-state index is 12.9. The van der Waals surface area contributed by atoms with Gasteiger partial charge in [0, 0.05) is 10.4 Å². The van der Waals surface area contributed by atoms with Crippen molar-refractivity contribution in [1.82, 2.24) is 4.90 Å². The van der Waals surface area contributed by atoms with E-state index in [1.165, 1.54) is 28.4 Å². The van der Waals surface area contributed by atoms with Crippen LogP contribution in [0.15, 0.2) is 71.6 Å². The lowest BCUT2D eigenvalue weighted by molar-refractivity contribution is -0.140. The van der Waals surface area contributed by atoms with Crippen molar-refractivity contribution in [3.8, 4) is 5.75 Å². The molecule has 1 atom stereocenters. The van der Waals surface area contributed by atoms with Gasteiger partial charge in [-0.3, -0.25) is 9.59 Å². The molecule has 3 aromatic rings. The van der Waals surface area contributed by atoms with Crippen LogP contribution >= 0.6 is 11.3 Å². The minimum Gasteiger partial charge on any atom is -0.508 e. The Morgan fingerprint density at radius 2 is 1.72 bits per heavy atom.